The second kappa shape index (κ2) is 7.17. The van der Waals surface area contributed by atoms with Crippen LogP contribution in [0, 0.1) is 5.82 Å². The van der Waals surface area contributed by atoms with Gasteiger partial charge in [-0.2, -0.15) is 0 Å². The molecule has 1 amide bonds. The zero-order valence-corrected chi connectivity index (χ0v) is 17.0. The van der Waals surface area contributed by atoms with Crippen molar-refractivity contribution in [3.05, 3.63) is 79.1 Å². The molecule has 0 fully saturated rings. The van der Waals surface area contributed by atoms with Crippen LogP contribution < -0.4 is 25.1 Å². The van der Waals surface area contributed by atoms with E-state index in [1.807, 2.05) is 4.90 Å². The Morgan fingerprint density at radius 2 is 1.97 bits per heavy atom. The number of rotatable bonds is 2. The quantitative estimate of drug-likeness (QED) is 0.604. The number of methoxy groups -OCH3 is 1. The van der Waals surface area contributed by atoms with Gasteiger partial charge in [-0.25, -0.2) is 14.2 Å². The van der Waals surface area contributed by atoms with Crippen LogP contribution in [0.5, 0.6) is 0 Å². The van der Waals surface area contributed by atoms with Crippen molar-refractivity contribution in [1.82, 2.24) is 4.57 Å². The first-order valence-electron chi connectivity index (χ1n) is 9.29. The van der Waals surface area contributed by atoms with Crippen LogP contribution in [0.2, 0.25) is 0 Å². The Bertz CT molecular complexity index is 1430. The van der Waals surface area contributed by atoms with E-state index in [4.69, 9.17) is 4.74 Å². The molecule has 0 spiro atoms. The summed E-state index contributed by atoms with van der Waals surface area (Å²) < 4.78 is 20.2. The summed E-state index contributed by atoms with van der Waals surface area (Å²) in [6, 6.07) is 10.8. The number of carbonyl (C=O) groups is 2. The highest BCUT2D eigenvalue weighted by Crippen LogP contribution is 2.30. The van der Waals surface area contributed by atoms with E-state index in [1.165, 1.54) is 29.9 Å². The number of hydrogen-bond donors (Lipinski definition) is 1. The van der Waals surface area contributed by atoms with Gasteiger partial charge in [0.05, 0.1) is 18.2 Å². The van der Waals surface area contributed by atoms with Gasteiger partial charge in [0.15, 0.2) is 4.80 Å². The first-order valence-corrected chi connectivity index (χ1v) is 10.1. The minimum atomic E-state index is -0.486. The van der Waals surface area contributed by atoms with Crippen LogP contribution in [0.25, 0.3) is 5.57 Å². The molecule has 1 N–H and O–H groups in total. The van der Waals surface area contributed by atoms with E-state index in [2.05, 4.69) is 10.3 Å². The lowest BCUT2D eigenvalue weighted by molar-refractivity contribution is -0.110. The Morgan fingerprint density at radius 3 is 2.71 bits per heavy atom. The Hall–Kier alpha value is -3.79. The highest BCUT2D eigenvalue weighted by Gasteiger charge is 2.28. The molecular weight excluding hydrogens is 423 g/mol. The lowest BCUT2D eigenvalue weighted by Crippen LogP contribution is -2.43. The number of nitrogens with one attached hydrogen (secondary N) is 1. The average Bonchev–Trinajstić information content (AvgIpc) is 3.28. The van der Waals surface area contributed by atoms with Crippen LogP contribution in [0.4, 0.5) is 15.8 Å². The summed E-state index contributed by atoms with van der Waals surface area (Å²) in [4.78, 5) is 44.1. The molecule has 31 heavy (non-hydrogen) atoms. The normalized spacial score (nSPS) is 16.3. The molecule has 0 aliphatic carbocycles. The fraction of sp³-hybridized carbons (Fsp3) is 0.143. The minimum Gasteiger partial charge on any atom is -0.465 e. The van der Waals surface area contributed by atoms with Crippen LogP contribution in [0.1, 0.15) is 15.9 Å². The van der Waals surface area contributed by atoms with Crippen molar-refractivity contribution in [2.24, 2.45) is 4.99 Å². The fourth-order valence-corrected chi connectivity index (χ4v) is 4.67. The van der Waals surface area contributed by atoms with Crippen molar-refractivity contribution in [2.45, 2.75) is 6.67 Å². The van der Waals surface area contributed by atoms with Crippen molar-refractivity contribution in [3.8, 4) is 0 Å². The van der Waals surface area contributed by atoms with E-state index in [-0.39, 0.29) is 22.3 Å². The zero-order valence-electron chi connectivity index (χ0n) is 16.2. The summed E-state index contributed by atoms with van der Waals surface area (Å²) >= 11 is 1.11. The number of nitrogens with zero attached hydrogens (tertiary/aromatic N) is 3. The average molecular weight is 438 g/mol. The number of anilines is 2. The molecular formula is C21H15FN4O4S. The molecule has 3 aromatic rings. The smallest absolute Gasteiger partial charge is 0.337 e. The van der Waals surface area contributed by atoms with E-state index >= 15 is 0 Å². The number of benzene rings is 2. The summed E-state index contributed by atoms with van der Waals surface area (Å²) in [5.74, 6) is -1.35. The molecule has 10 heteroatoms. The van der Waals surface area contributed by atoms with Gasteiger partial charge >= 0.3 is 5.97 Å². The molecule has 8 nitrogen and oxygen atoms in total. The van der Waals surface area contributed by atoms with Gasteiger partial charge in [-0.15, -0.1) is 0 Å². The topological polar surface area (TPSA) is 93.0 Å². The summed E-state index contributed by atoms with van der Waals surface area (Å²) in [5, 5.41) is 2.67. The maximum absolute atomic E-state index is 13.8. The third-order valence-corrected chi connectivity index (χ3v) is 6.27. The molecule has 2 aliphatic heterocycles. The van der Waals surface area contributed by atoms with E-state index in [9.17, 15) is 18.8 Å². The number of amides is 1. The standard InChI is InChI=1S/C21H15FN4O4S/c1-30-20(29)11-2-5-13(6-3-11)25-9-23-21-26(10-25)19(28)17(31-21)16-14-8-12(22)4-7-15(14)24-18(16)27/h2-8H,9-10H2,1H3,(H,24,27)/b17-16-. The van der Waals surface area contributed by atoms with Gasteiger partial charge in [0.25, 0.3) is 11.5 Å². The second-order valence-electron chi connectivity index (χ2n) is 6.99. The van der Waals surface area contributed by atoms with Gasteiger partial charge in [0.1, 0.15) is 23.7 Å². The molecule has 0 saturated heterocycles. The molecule has 3 heterocycles. The molecule has 0 bridgehead atoms. The predicted octanol–water partition coefficient (Wildman–Crippen LogP) is 1.04. The summed E-state index contributed by atoms with van der Waals surface area (Å²) in [7, 11) is 1.32. The highest BCUT2D eigenvalue weighted by atomic mass is 32.1. The third kappa shape index (κ3) is 3.12. The van der Waals surface area contributed by atoms with Crippen molar-refractivity contribution in [3.63, 3.8) is 0 Å². The maximum atomic E-state index is 13.8. The van der Waals surface area contributed by atoms with Gasteiger partial charge in [0.2, 0.25) is 0 Å². The van der Waals surface area contributed by atoms with E-state index < -0.39 is 17.7 Å². The van der Waals surface area contributed by atoms with Crippen LogP contribution in [0.3, 0.4) is 0 Å². The molecule has 156 valence electrons. The summed E-state index contributed by atoms with van der Waals surface area (Å²) in [6.07, 6.45) is 0. The minimum absolute atomic E-state index is 0.163. The van der Waals surface area contributed by atoms with Crippen molar-refractivity contribution >= 4 is 40.2 Å². The molecule has 0 atom stereocenters. The van der Waals surface area contributed by atoms with Crippen LogP contribution >= 0.6 is 11.3 Å². The van der Waals surface area contributed by atoms with Crippen molar-refractivity contribution in [1.29, 1.82) is 0 Å². The van der Waals surface area contributed by atoms with Crippen molar-refractivity contribution < 1.29 is 18.7 Å². The number of hydrogen-bond acceptors (Lipinski definition) is 7. The van der Waals surface area contributed by atoms with E-state index in [0.29, 0.717) is 28.3 Å². The van der Waals surface area contributed by atoms with Gasteiger partial charge < -0.3 is 15.0 Å². The number of esters is 1. The third-order valence-electron chi connectivity index (χ3n) is 5.16. The van der Waals surface area contributed by atoms with Crippen LogP contribution in [-0.4, -0.2) is 30.2 Å². The second-order valence-corrected chi connectivity index (χ2v) is 7.96. The van der Waals surface area contributed by atoms with Crippen LogP contribution in [-0.2, 0) is 16.2 Å². The first-order chi connectivity index (χ1) is 15.0. The zero-order chi connectivity index (χ0) is 21.7. The molecule has 0 saturated carbocycles. The summed E-state index contributed by atoms with van der Waals surface area (Å²) in [5.41, 5.74) is 1.85. The molecule has 2 aliphatic rings. The first kappa shape index (κ1) is 19.2. The summed E-state index contributed by atoms with van der Waals surface area (Å²) in [6.45, 7) is 0.542. The Morgan fingerprint density at radius 1 is 1.19 bits per heavy atom. The van der Waals surface area contributed by atoms with E-state index in [1.54, 1.807) is 24.3 Å². The van der Waals surface area contributed by atoms with Crippen LogP contribution in [0.15, 0.2) is 52.3 Å². The number of fused-ring (bicyclic) bond motifs is 2. The Balaban J connectivity index is 1.55. The monoisotopic (exact) mass is 438 g/mol. The molecule has 0 radical (unpaired) electrons. The van der Waals surface area contributed by atoms with Gasteiger partial charge in [0, 0.05) is 16.9 Å². The molecule has 1 aromatic heterocycles. The lowest BCUT2D eigenvalue weighted by atomic mass is 10.1. The van der Waals surface area contributed by atoms with E-state index in [0.717, 1.165) is 17.0 Å². The van der Waals surface area contributed by atoms with Gasteiger partial charge in [-0.1, -0.05) is 11.3 Å². The van der Waals surface area contributed by atoms with Gasteiger partial charge in [-0.05, 0) is 42.5 Å². The van der Waals surface area contributed by atoms with Crippen molar-refractivity contribution in [2.75, 3.05) is 24.0 Å². The fourth-order valence-electron chi connectivity index (χ4n) is 3.62. The number of halogens is 1. The number of ether oxygens (including phenoxy) is 1. The largest absolute Gasteiger partial charge is 0.465 e. The maximum Gasteiger partial charge on any atom is 0.337 e. The van der Waals surface area contributed by atoms with Gasteiger partial charge in [-0.3, -0.25) is 14.2 Å². The predicted molar refractivity (Wildman–Crippen MR) is 112 cm³/mol. The molecule has 5 rings (SSSR count). The Kier molecular flexibility index (Phi) is 4.44. The Labute approximate surface area is 178 Å². The molecule has 2 aromatic carbocycles. The molecule has 0 unspecified atom stereocenters. The SMILES string of the molecule is COC(=O)c1ccc(N2CN=c3s/c(=C4\C(=O)Nc5ccc(F)cc54)c(=O)n3C2)cc1. The highest BCUT2D eigenvalue weighted by molar-refractivity contribution is 7.07. The number of thiazole rings is 1. The lowest BCUT2D eigenvalue weighted by Gasteiger charge is -2.25. The number of carbonyl (C=O) groups excluding carboxylic acids is 2. The number of aromatic nitrogens is 1.